The van der Waals surface area contributed by atoms with Gasteiger partial charge in [-0.1, -0.05) is 0 Å². The number of benzene rings is 1. The van der Waals surface area contributed by atoms with Crippen LogP contribution >= 0.6 is 0 Å². The SMILES string of the molecule is OCCNc1cc(O)c(O)cc1O. The molecule has 0 atom stereocenters. The summed E-state index contributed by atoms with van der Waals surface area (Å²) in [7, 11) is 0. The van der Waals surface area contributed by atoms with Crippen LogP contribution in [-0.4, -0.2) is 33.6 Å². The summed E-state index contributed by atoms with van der Waals surface area (Å²) in [5.41, 5.74) is 0.268. The molecule has 13 heavy (non-hydrogen) atoms. The van der Waals surface area contributed by atoms with Crippen LogP contribution in [0.2, 0.25) is 0 Å². The molecule has 0 saturated heterocycles. The average molecular weight is 185 g/mol. The summed E-state index contributed by atoms with van der Waals surface area (Å²) in [6, 6.07) is 2.20. The molecule has 5 nitrogen and oxygen atoms in total. The quantitative estimate of drug-likeness (QED) is 0.343. The summed E-state index contributed by atoms with van der Waals surface area (Å²) in [5, 5.41) is 38.4. The van der Waals surface area contributed by atoms with Gasteiger partial charge >= 0.3 is 0 Å². The van der Waals surface area contributed by atoms with E-state index in [4.69, 9.17) is 15.3 Å². The second-order valence-electron chi connectivity index (χ2n) is 2.51. The van der Waals surface area contributed by atoms with Gasteiger partial charge in [-0.05, 0) is 0 Å². The van der Waals surface area contributed by atoms with Gasteiger partial charge in [0.1, 0.15) is 5.75 Å². The molecule has 0 aliphatic rings. The van der Waals surface area contributed by atoms with Crippen molar-refractivity contribution in [3.8, 4) is 17.2 Å². The summed E-state index contributed by atoms with van der Waals surface area (Å²) < 4.78 is 0. The van der Waals surface area contributed by atoms with Gasteiger partial charge in [-0.3, -0.25) is 0 Å². The van der Waals surface area contributed by atoms with Crippen molar-refractivity contribution in [1.82, 2.24) is 0 Å². The van der Waals surface area contributed by atoms with E-state index >= 15 is 0 Å². The molecule has 5 heteroatoms. The van der Waals surface area contributed by atoms with Crippen molar-refractivity contribution in [2.24, 2.45) is 0 Å². The zero-order chi connectivity index (χ0) is 9.84. The van der Waals surface area contributed by atoms with Crippen molar-refractivity contribution in [3.05, 3.63) is 12.1 Å². The van der Waals surface area contributed by atoms with E-state index in [1.807, 2.05) is 0 Å². The fourth-order valence-corrected chi connectivity index (χ4v) is 0.898. The van der Waals surface area contributed by atoms with Crippen molar-refractivity contribution in [1.29, 1.82) is 0 Å². The molecule has 0 fully saturated rings. The molecule has 1 aromatic rings. The van der Waals surface area contributed by atoms with Gasteiger partial charge in [0.05, 0.1) is 12.3 Å². The third kappa shape index (κ3) is 2.16. The smallest absolute Gasteiger partial charge is 0.161 e. The van der Waals surface area contributed by atoms with E-state index in [1.54, 1.807) is 0 Å². The van der Waals surface area contributed by atoms with Gasteiger partial charge in [0.2, 0.25) is 0 Å². The van der Waals surface area contributed by atoms with Crippen molar-refractivity contribution in [3.63, 3.8) is 0 Å². The van der Waals surface area contributed by atoms with E-state index < -0.39 is 0 Å². The first-order valence-corrected chi connectivity index (χ1v) is 3.75. The fraction of sp³-hybridized carbons (Fsp3) is 0.250. The molecule has 0 aromatic heterocycles. The monoisotopic (exact) mass is 185 g/mol. The molecule has 1 rings (SSSR count). The van der Waals surface area contributed by atoms with Gasteiger partial charge in [-0.15, -0.1) is 0 Å². The Morgan fingerprint density at radius 2 is 1.62 bits per heavy atom. The number of aromatic hydroxyl groups is 3. The molecule has 1 aromatic carbocycles. The molecule has 0 radical (unpaired) electrons. The lowest BCUT2D eigenvalue weighted by Crippen LogP contribution is -2.05. The number of hydrogen-bond donors (Lipinski definition) is 5. The number of aliphatic hydroxyl groups is 1. The van der Waals surface area contributed by atoms with Crippen molar-refractivity contribution < 1.29 is 20.4 Å². The molecule has 0 spiro atoms. The number of rotatable bonds is 3. The third-order valence-electron chi connectivity index (χ3n) is 1.52. The highest BCUT2D eigenvalue weighted by atomic mass is 16.3. The van der Waals surface area contributed by atoms with E-state index in [0.717, 1.165) is 6.07 Å². The molecule has 0 bridgehead atoms. The van der Waals surface area contributed by atoms with Crippen LogP contribution in [0.25, 0.3) is 0 Å². The van der Waals surface area contributed by atoms with E-state index in [1.165, 1.54) is 6.07 Å². The van der Waals surface area contributed by atoms with Crippen molar-refractivity contribution in [2.75, 3.05) is 18.5 Å². The molecule has 0 aliphatic heterocycles. The molecular formula is C8H11NO4. The average Bonchev–Trinajstić information content (AvgIpc) is 2.09. The van der Waals surface area contributed by atoms with Gasteiger partial charge in [0.25, 0.3) is 0 Å². The Hall–Kier alpha value is -1.62. The first-order chi connectivity index (χ1) is 6.15. The number of aliphatic hydroxyl groups excluding tert-OH is 1. The Labute approximate surface area is 74.9 Å². The van der Waals surface area contributed by atoms with Crippen LogP contribution in [0.3, 0.4) is 0 Å². The van der Waals surface area contributed by atoms with E-state index in [-0.39, 0.29) is 36.1 Å². The Kier molecular flexibility index (Phi) is 2.81. The molecule has 0 unspecified atom stereocenters. The number of phenolic OH excluding ortho intramolecular Hbond substituents is 3. The normalized spacial score (nSPS) is 9.92. The third-order valence-corrected chi connectivity index (χ3v) is 1.52. The summed E-state index contributed by atoms with van der Waals surface area (Å²) in [4.78, 5) is 0. The molecule has 72 valence electrons. The van der Waals surface area contributed by atoms with E-state index in [2.05, 4.69) is 5.32 Å². The van der Waals surface area contributed by atoms with Crippen LogP contribution in [0.1, 0.15) is 0 Å². The summed E-state index contributed by atoms with van der Waals surface area (Å²) in [6.45, 7) is 0.179. The van der Waals surface area contributed by atoms with E-state index in [0.29, 0.717) is 0 Å². The number of anilines is 1. The van der Waals surface area contributed by atoms with Crippen molar-refractivity contribution >= 4 is 5.69 Å². The maximum atomic E-state index is 9.23. The molecule has 0 aliphatic carbocycles. The standard InChI is InChI=1S/C8H11NO4/c10-2-1-9-5-3-7(12)8(13)4-6(5)11/h3-4,9-13H,1-2H2. The zero-order valence-electron chi connectivity index (χ0n) is 6.86. The first kappa shape index (κ1) is 9.47. The fourth-order valence-electron chi connectivity index (χ4n) is 0.898. The number of nitrogens with one attached hydrogen (secondary N) is 1. The van der Waals surface area contributed by atoms with Gasteiger partial charge in [0.15, 0.2) is 11.5 Å². The summed E-state index contributed by atoms with van der Waals surface area (Å²) in [5.74, 6) is -0.881. The predicted octanol–water partition coefficient (Wildman–Crippen LogP) is 0.208. The Balaban J connectivity index is 2.88. The zero-order valence-corrected chi connectivity index (χ0v) is 6.86. The highest BCUT2D eigenvalue weighted by Crippen LogP contribution is 2.35. The Morgan fingerprint density at radius 3 is 2.23 bits per heavy atom. The predicted molar refractivity (Wildman–Crippen MR) is 47.0 cm³/mol. The van der Waals surface area contributed by atoms with E-state index in [9.17, 15) is 5.11 Å². The summed E-state index contributed by atoms with van der Waals surface area (Å²) in [6.07, 6.45) is 0. The van der Waals surface area contributed by atoms with Crippen LogP contribution in [0.5, 0.6) is 17.2 Å². The molecule has 0 amide bonds. The lowest BCUT2D eigenvalue weighted by Gasteiger charge is -2.07. The highest BCUT2D eigenvalue weighted by Gasteiger charge is 2.06. The maximum Gasteiger partial charge on any atom is 0.161 e. The minimum Gasteiger partial charge on any atom is -0.506 e. The van der Waals surface area contributed by atoms with Gasteiger partial charge in [-0.2, -0.15) is 0 Å². The Morgan fingerprint density at radius 1 is 1.00 bits per heavy atom. The van der Waals surface area contributed by atoms with Crippen LogP contribution < -0.4 is 5.32 Å². The lowest BCUT2D eigenvalue weighted by atomic mass is 10.2. The van der Waals surface area contributed by atoms with Gasteiger partial charge in [0, 0.05) is 18.7 Å². The highest BCUT2D eigenvalue weighted by molar-refractivity contribution is 5.63. The number of phenols is 3. The van der Waals surface area contributed by atoms with Crippen LogP contribution in [0.15, 0.2) is 12.1 Å². The second kappa shape index (κ2) is 3.86. The lowest BCUT2D eigenvalue weighted by molar-refractivity contribution is 0.311. The minimum absolute atomic E-state index is 0.0823. The maximum absolute atomic E-state index is 9.23. The summed E-state index contributed by atoms with van der Waals surface area (Å²) >= 11 is 0. The van der Waals surface area contributed by atoms with Crippen molar-refractivity contribution in [2.45, 2.75) is 0 Å². The molecular weight excluding hydrogens is 174 g/mol. The molecule has 0 heterocycles. The minimum atomic E-state index is -0.382. The topological polar surface area (TPSA) is 93.0 Å². The second-order valence-corrected chi connectivity index (χ2v) is 2.51. The molecule has 5 N–H and O–H groups in total. The molecule has 0 saturated carbocycles. The number of hydrogen-bond acceptors (Lipinski definition) is 5. The largest absolute Gasteiger partial charge is 0.506 e. The van der Waals surface area contributed by atoms with Gasteiger partial charge in [-0.25, -0.2) is 0 Å². The van der Waals surface area contributed by atoms with Crippen LogP contribution in [0, 0.1) is 0 Å². The first-order valence-electron chi connectivity index (χ1n) is 3.75. The van der Waals surface area contributed by atoms with Gasteiger partial charge < -0.3 is 25.7 Å². The van der Waals surface area contributed by atoms with Crippen LogP contribution in [0.4, 0.5) is 5.69 Å². The Bertz CT molecular complexity index is 300. The van der Waals surface area contributed by atoms with Crippen LogP contribution in [-0.2, 0) is 0 Å².